The van der Waals surface area contributed by atoms with Crippen molar-refractivity contribution in [2.45, 2.75) is 66.7 Å². The number of pyridine rings is 1. The minimum atomic E-state index is -3.96. The van der Waals surface area contributed by atoms with Crippen LogP contribution < -0.4 is 10.2 Å². The molecule has 1 saturated carbocycles. The van der Waals surface area contributed by atoms with Crippen molar-refractivity contribution in [1.29, 1.82) is 0 Å². The van der Waals surface area contributed by atoms with E-state index in [0.717, 1.165) is 42.4 Å². The Balaban J connectivity index is 1.38. The van der Waals surface area contributed by atoms with Crippen LogP contribution in [0.5, 0.6) is 5.75 Å². The molecule has 0 unspecified atom stereocenters. The number of hydrazine groups is 1. The van der Waals surface area contributed by atoms with E-state index in [2.05, 4.69) is 17.3 Å². The zero-order valence-electron chi connectivity index (χ0n) is 29.8. The Morgan fingerprint density at radius 2 is 1.37 bits per heavy atom. The van der Waals surface area contributed by atoms with Gasteiger partial charge in [-0.3, -0.25) is 15.1 Å². The third kappa shape index (κ3) is 8.26. The first-order chi connectivity index (χ1) is 25.1. The maximum Gasteiger partial charge on any atom is 0.236 e. The van der Waals surface area contributed by atoms with Gasteiger partial charge in [0.15, 0.2) is 10.6 Å². The lowest BCUT2D eigenvalue weighted by atomic mass is 9.78. The molecule has 52 heavy (non-hydrogen) atoms. The van der Waals surface area contributed by atoms with E-state index < -0.39 is 15.4 Å². The number of carbonyl (C=O) groups excluding carboxylic acids is 1. The summed E-state index contributed by atoms with van der Waals surface area (Å²) in [6.07, 6.45) is 5.27. The van der Waals surface area contributed by atoms with Crippen molar-refractivity contribution in [1.82, 2.24) is 15.6 Å². The van der Waals surface area contributed by atoms with Crippen molar-refractivity contribution < 1.29 is 27.5 Å². The number of rotatable bonds is 14. The van der Waals surface area contributed by atoms with Crippen molar-refractivity contribution in [2.75, 3.05) is 14.2 Å². The van der Waals surface area contributed by atoms with E-state index in [-0.39, 0.29) is 33.9 Å². The summed E-state index contributed by atoms with van der Waals surface area (Å²) in [4.78, 5) is 25.4. The van der Waals surface area contributed by atoms with Crippen LogP contribution in [0.15, 0.2) is 144 Å². The van der Waals surface area contributed by atoms with Crippen molar-refractivity contribution in [3.05, 3.63) is 156 Å². The van der Waals surface area contributed by atoms with Gasteiger partial charge in [0.25, 0.3) is 0 Å². The highest BCUT2D eigenvalue weighted by Crippen LogP contribution is 2.41. The number of benzene rings is 4. The van der Waals surface area contributed by atoms with E-state index in [9.17, 15) is 13.2 Å². The molecule has 5 aromatic rings. The molecule has 4 aromatic carbocycles. The van der Waals surface area contributed by atoms with Gasteiger partial charge in [-0.2, -0.15) is 0 Å². The van der Waals surface area contributed by atoms with Crippen molar-refractivity contribution >= 4 is 15.7 Å². The van der Waals surface area contributed by atoms with Crippen molar-refractivity contribution in [3.63, 3.8) is 0 Å². The van der Waals surface area contributed by atoms with Crippen LogP contribution in [0.3, 0.4) is 0 Å². The number of carbonyl (C=O) groups is 1. The van der Waals surface area contributed by atoms with Crippen molar-refractivity contribution in [3.8, 4) is 5.75 Å². The molecule has 0 atom stereocenters. The number of hydroxylamine groups is 1. The Morgan fingerprint density at radius 1 is 0.827 bits per heavy atom. The van der Waals surface area contributed by atoms with Crippen molar-refractivity contribution in [2.24, 2.45) is 5.92 Å². The Kier molecular flexibility index (Phi) is 11.5. The molecule has 270 valence electrons. The molecule has 1 aliphatic carbocycles. The molecule has 1 amide bonds. The Labute approximate surface area is 306 Å². The highest BCUT2D eigenvalue weighted by Gasteiger charge is 2.41. The van der Waals surface area contributed by atoms with Gasteiger partial charge in [-0.25, -0.2) is 13.4 Å². The molecule has 1 heterocycles. The molecule has 1 aliphatic rings. The molecule has 0 bridgehead atoms. The molecule has 0 spiro atoms. The number of ether oxygens (including phenoxy) is 2. The van der Waals surface area contributed by atoms with Gasteiger partial charge in [-0.05, 0) is 97.2 Å². The second-order valence-electron chi connectivity index (χ2n) is 13.4. The maximum absolute atomic E-state index is 13.9. The van der Waals surface area contributed by atoms with Crippen LogP contribution in [-0.2, 0) is 36.4 Å². The predicted octanol–water partition coefficient (Wildman–Crippen LogP) is 7.67. The van der Waals surface area contributed by atoms with Crippen LogP contribution >= 0.6 is 0 Å². The molecular weight excluding hydrogens is 675 g/mol. The van der Waals surface area contributed by atoms with E-state index in [1.54, 1.807) is 25.3 Å². The molecule has 1 N–H and O–H groups in total. The number of aromatic nitrogens is 1. The topological polar surface area (TPSA) is 107 Å². The van der Waals surface area contributed by atoms with Crippen LogP contribution in [0, 0.1) is 5.92 Å². The average molecular weight is 720 g/mol. The zero-order valence-corrected chi connectivity index (χ0v) is 30.6. The van der Waals surface area contributed by atoms with Gasteiger partial charge in [0.1, 0.15) is 5.75 Å². The lowest BCUT2D eigenvalue weighted by Gasteiger charge is -2.40. The molecule has 10 heteroatoms. The van der Waals surface area contributed by atoms with Gasteiger partial charge in [0.05, 0.1) is 24.2 Å². The number of nitrogens with one attached hydrogen (secondary N) is 1. The Morgan fingerprint density at radius 3 is 1.87 bits per heavy atom. The summed E-state index contributed by atoms with van der Waals surface area (Å²) >= 11 is 0. The lowest BCUT2D eigenvalue weighted by molar-refractivity contribution is -0.256. The van der Waals surface area contributed by atoms with Crippen LogP contribution in [0.1, 0.15) is 61.3 Å². The Bertz CT molecular complexity index is 1920. The van der Waals surface area contributed by atoms with Crippen LogP contribution in [0.2, 0.25) is 0 Å². The maximum atomic E-state index is 13.9. The minimum Gasteiger partial charge on any atom is -0.497 e. The summed E-state index contributed by atoms with van der Waals surface area (Å²) in [7, 11) is -0.697. The van der Waals surface area contributed by atoms with Crippen LogP contribution in [0.4, 0.5) is 0 Å². The Hall–Kier alpha value is -4.87. The number of sulfone groups is 1. The van der Waals surface area contributed by atoms with Gasteiger partial charge in [0.2, 0.25) is 15.7 Å². The van der Waals surface area contributed by atoms with E-state index in [1.165, 1.54) is 36.7 Å². The van der Waals surface area contributed by atoms with E-state index >= 15 is 0 Å². The summed E-state index contributed by atoms with van der Waals surface area (Å²) in [6.45, 7) is 2.13. The fourth-order valence-electron chi connectivity index (χ4n) is 6.82. The molecular formula is C42H45N3O6S. The third-order valence-electron chi connectivity index (χ3n) is 9.94. The third-order valence-corrected chi connectivity index (χ3v) is 11.6. The number of amides is 1. The number of hydrogen-bond donors (Lipinski definition) is 1. The first-order valence-corrected chi connectivity index (χ1v) is 19.0. The van der Waals surface area contributed by atoms with Gasteiger partial charge < -0.3 is 9.47 Å². The molecule has 0 aliphatic heterocycles. The number of hydrogen-bond acceptors (Lipinski definition) is 8. The average Bonchev–Trinajstić information content (AvgIpc) is 3.19. The summed E-state index contributed by atoms with van der Waals surface area (Å²) < 4.78 is 38.3. The normalized spacial score (nSPS) is 17.8. The van der Waals surface area contributed by atoms with Gasteiger partial charge in [0, 0.05) is 19.7 Å². The highest BCUT2D eigenvalue weighted by molar-refractivity contribution is 7.91. The van der Waals surface area contributed by atoms with Crippen LogP contribution in [0.25, 0.3) is 0 Å². The molecule has 9 nitrogen and oxygen atoms in total. The number of nitrogens with zero attached hydrogens (tertiary/aromatic N) is 2. The highest BCUT2D eigenvalue weighted by atomic mass is 32.2. The fraction of sp³-hybridized carbons (Fsp3) is 0.286. The van der Waals surface area contributed by atoms with Gasteiger partial charge in [-0.1, -0.05) is 96.2 Å². The molecule has 1 aromatic heterocycles. The van der Waals surface area contributed by atoms with Gasteiger partial charge in [-0.15, -0.1) is 0 Å². The summed E-state index contributed by atoms with van der Waals surface area (Å²) in [5, 5.41) is 1.32. The second kappa shape index (κ2) is 16.2. The number of methoxy groups -OCH3 is 2. The molecule has 0 saturated heterocycles. The van der Waals surface area contributed by atoms with E-state index in [4.69, 9.17) is 14.3 Å². The first-order valence-electron chi connectivity index (χ1n) is 17.5. The molecule has 1 fully saturated rings. The molecule has 6 rings (SSSR count). The first kappa shape index (κ1) is 36.9. The standard InChI is InChI=1S/C42H45N3O6S/c1-41(50-3)26-23-32(24-27-41)29-39(46)44-45(31-33-25-28-43-40(30-33)52(47,48)38-21-19-37(49-2)20-22-38)51-42(34-13-7-4-8-14-34,35-15-9-5-10-16-35)36-17-11-6-12-18-36/h4-22,25,28,30,32H,23-24,26-27,29,31H2,1-3H3,(H,44,46). The van der Waals surface area contributed by atoms with E-state index in [0.29, 0.717) is 17.7 Å². The second-order valence-corrected chi connectivity index (χ2v) is 15.3. The summed E-state index contributed by atoms with van der Waals surface area (Å²) in [5.41, 5.74) is 4.80. The monoisotopic (exact) mass is 719 g/mol. The minimum absolute atomic E-state index is 0.0139. The quantitative estimate of drug-likeness (QED) is 0.0921. The van der Waals surface area contributed by atoms with Gasteiger partial charge >= 0.3 is 0 Å². The zero-order chi connectivity index (χ0) is 36.6. The summed E-state index contributed by atoms with van der Waals surface area (Å²) in [5.74, 6) is 0.535. The predicted molar refractivity (Wildman–Crippen MR) is 199 cm³/mol. The molecule has 0 radical (unpaired) electrons. The lowest BCUT2D eigenvalue weighted by Crippen LogP contribution is -2.49. The smallest absolute Gasteiger partial charge is 0.236 e. The van der Waals surface area contributed by atoms with Crippen LogP contribution in [-0.4, -0.2) is 44.3 Å². The largest absolute Gasteiger partial charge is 0.497 e. The van der Waals surface area contributed by atoms with E-state index in [1.807, 2.05) is 91.0 Å². The summed E-state index contributed by atoms with van der Waals surface area (Å²) in [6, 6.07) is 39.0. The SMILES string of the molecule is COc1ccc(S(=O)(=O)c2cc(CN(NC(=O)CC3CCC(C)(OC)CC3)OC(c3ccccc3)(c3ccccc3)c3ccccc3)ccn2)cc1. The fourth-order valence-corrected chi connectivity index (χ4v) is 8.06.